The molecule has 10 aromatic rings. The maximum atomic E-state index is 19.8. The Kier molecular flexibility index (Phi) is 14.6. The van der Waals surface area contributed by atoms with E-state index in [0.717, 1.165) is 31.8 Å². The van der Waals surface area contributed by atoms with Gasteiger partial charge in [-0.1, -0.05) is 267 Å². The average Bonchev–Trinajstić information content (AvgIpc) is 3.41. The Morgan fingerprint density at radius 3 is 0.985 bits per heavy atom. The lowest BCUT2D eigenvalue weighted by Crippen LogP contribution is -2.28. The second kappa shape index (κ2) is 21.8. The third-order valence-corrected chi connectivity index (χ3v) is 22.8. The predicted octanol–water partition coefficient (Wildman–Crippen LogP) is 12.5. The van der Waals surface area contributed by atoms with Gasteiger partial charge in [0.05, 0.1) is 0 Å². The molecule has 0 bridgehead atoms. The summed E-state index contributed by atoms with van der Waals surface area (Å²) in [5, 5.41) is 10.6. The van der Waals surface area contributed by atoms with Gasteiger partial charge in [-0.2, -0.15) is 0 Å². The monoisotopic (exact) mass is 954 g/mol. The zero-order valence-corrected chi connectivity index (χ0v) is 40.9. The van der Waals surface area contributed by atoms with Gasteiger partial charge in [0, 0.05) is 16.8 Å². The van der Waals surface area contributed by atoms with Gasteiger partial charge in [0.1, 0.15) is 11.6 Å². The summed E-state index contributed by atoms with van der Waals surface area (Å²) in [7, 11) is -4.93. The summed E-state index contributed by atoms with van der Waals surface area (Å²) in [5.74, 6) is -0.791. The van der Waals surface area contributed by atoms with Crippen LogP contribution >= 0.6 is 31.7 Å². The molecule has 10 rings (SSSR count). The van der Waals surface area contributed by atoms with Crippen LogP contribution in [0.15, 0.2) is 273 Å². The largest absolute Gasteiger partial charge is 0.206 e. The van der Waals surface area contributed by atoms with Crippen LogP contribution in [-0.4, -0.2) is 6.16 Å². The number of benzene rings is 10. The number of halogens is 2. The standard InChI is InChI=1S/C62H48F2P4/c63-56-42-25-43-57(66(49-30-13-3-14-31-49)50-32-15-4-16-33-50)60(56)61-58(67(51-34-17-5-18-35-51)52-36-19-6-20-37-52)45-44-55(62(61)64)59(68(53-38-21-7-22-39-53)54-40-23-8-24-41-54)46-65(47-26-9-1-10-27-47)48-28-11-2-12-29-48/h1-45,59H,46H2/t59-/m1/s1. The van der Waals surface area contributed by atoms with Crippen molar-refractivity contribution < 1.29 is 8.78 Å². The highest BCUT2D eigenvalue weighted by Crippen LogP contribution is 2.57. The third kappa shape index (κ3) is 9.85. The molecule has 0 N–H and O–H groups in total. The van der Waals surface area contributed by atoms with Crippen LogP contribution in [0.2, 0.25) is 0 Å². The molecule has 6 heteroatoms. The van der Waals surface area contributed by atoms with Crippen molar-refractivity contribution >= 4 is 84.7 Å². The summed E-state index contributed by atoms with van der Waals surface area (Å²) in [6, 6.07) is 93.9. The van der Waals surface area contributed by atoms with E-state index >= 15 is 8.78 Å². The molecule has 0 radical (unpaired) electrons. The average molecular weight is 955 g/mol. The first kappa shape index (κ1) is 45.6. The fourth-order valence-electron chi connectivity index (χ4n) is 9.13. The molecule has 0 aliphatic heterocycles. The van der Waals surface area contributed by atoms with Crippen LogP contribution < -0.4 is 53.0 Å². The second-order valence-corrected chi connectivity index (χ2v) is 25.4. The van der Waals surface area contributed by atoms with Gasteiger partial charge in [0.15, 0.2) is 0 Å². The van der Waals surface area contributed by atoms with E-state index in [4.69, 9.17) is 0 Å². The van der Waals surface area contributed by atoms with Crippen molar-refractivity contribution in [2.45, 2.75) is 5.66 Å². The Morgan fingerprint density at radius 2 is 0.618 bits per heavy atom. The molecule has 68 heavy (non-hydrogen) atoms. The minimum Gasteiger partial charge on any atom is -0.206 e. The molecular weight excluding hydrogens is 907 g/mol. The van der Waals surface area contributed by atoms with Gasteiger partial charge in [-0.05, 0) is 103 Å². The zero-order chi connectivity index (χ0) is 46.1. The lowest BCUT2D eigenvalue weighted by molar-refractivity contribution is 0.607. The summed E-state index contributed by atoms with van der Waals surface area (Å²) in [4.78, 5) is 0. The first-order valence-corrected chi connectivity index (χ1v) is 28.4. The molecule has 0 aliphatic rings. The quantitative estimate of drug-likeness (QED) is 0.0899. The lowest BCUT2D eigenvalue weighted by atomic mass is 9.99. The highest BCUT2D eigenvalue weighted by atomic mass is 31.1. The fraction of sp³-hybridized carbons (Fsp3) is 0.0323. The van der Waals surface area contributed by atoms with Crippen LogP contribution in [0.5, 0.6) is 0 Å². The first-order valence-electron chi connectivity index (χ1n) is 22.8. The Hall–Kier alpha value is -6.22. The van der Waals surface area contributed by atoms with Gasteiger partial charge in [-0.15, -0.1) is 0 Å². The van der Waals surface area contributed by atoms with Crippen LogP contribution in [0.1, 0.15) is 11.2 Å². The Balaban J connectivity index is 1.31. The Labute approximate surface area is 404 Å². The van der Waals surface area contributed by atoms with Crippen molar-refractivity contribution in [1.29, 1.82) is 0 Å². The van der Waals surface area contributed by atoms with E-state index in [-0.39, 0.29) is 11.5 Å². The van der Waals surface area contributed by atoms with E-state index in [1.807, 2.05) is 54.6 Å². The van der Waals surface area contributed by atoms with Gasteiger partial charge >= 0.3 is 0 Å². The van der Waals surface area contributed by atoms with Crippen LogP contribution in [-0.2, 0) is 0 Å². The lowest BCUT2D eigenvalue weighted by Gasteiger charge is -2.34. The molecule has 10 aromatic carbocycles. The van der Waals surface area contributed by atoms with Crippen molar-refractivity contribution in [3.05, 3.63) is 290 Å². The van der Waals surface area contributed by atoms with Gasteiger partial charge in [-0.25, -0.2) is 8.78 Å². The molecule has 0 saturated heterocycles. The molecule has 0 fully saturated rings. The van der Waals surface area contributed by atoms with E-state index in [9.17, 15) is 0 Å². The minimum atomic E-state index is -1.37. The highest BCUT2D eigenvalue weighted by Gasteiger charge is 2.36. The van der Waals surface area contributed by atoms with Gasteiger partial charge in [0.2, 0.25) is 0 Å². The predicted molar refractivity (Wildman–Crippen MR) is 295 cm³/mol. The summed E-state index contributed by atoms with van der Waals surface area (Å²) in [6.45, 7) is 0. The van der Waals surface area contributed by atoms with E-state index in [1.165, 1.54) is 27.3 Å². The van der Waals surface area contributed by atoms with Crippen LogP contribution in [0.3, 0.4) is 0 Å². The van der Waals surface area contributed by atoms with Crippen LogP contribution in [0.25, 0.3) is 11.1 Å². The van der Waals surface area contributed by atoms with Gasteiger partial charge in [0.25, 0.3) is 0 Å². The summed E-state index contributed by atoms with van der Waals surface area (Å²) >= 11 is 0. The summed E-state index contributed by atoms with van der Waals surface area (Å²) < 4.78 is 37.7. The van der Waals surface area contributed by atoms with E-state index in [2.05, 4.69) is 206 Å². The van der Waals surface area contributed by atoms with Crippen molar-refractivity contribution in [2.24, 2.45) is 0 Å². The first-order chi connectivity index (χ1) is 33.6. The minimum absolute atomic E-state index is 0.311. The van der Waals surface area contributed by atoms with E-state index < -0.39 is 37.5 Å². The molecule has 0 aromatic heterocycles. The fourth-order valence-corrected chi connectivity index (χ4v) is 20.0. The summed E-state index contributed by atoms with van der Waals surface area (Å²) in [6.07, 6.45) is 0.672. The van der Waals surface area contributed by atoms with Crippen LogP contribution in [0.4, 0.5) is 8.78 Å². The molecule has 0 saturated carbocycles. The molecular formula is C62H48F2P4. The number of hydrogen-bond donors (Lipinski definition) is 0. The topological polar surface area (TPSA) is 0 Å². The third-order valence-electron chi connectivity index (χ3n) is 12.2. The number of rotatable bonds is 15. The van der Waals surface area contributed by atoms with Gasteiger partial charge < -0.3 is 0 Å². The Bertz CT molecular complexity index is 3010. The highest BCUT2D eigenvalue weighted by molar-refractivity contribution is 7.81. The SMILES string of the molecule is Fc1cccc(P(c2ccccc2)c2ccccc2)c1-c1c(P(c2ccccc2)c2ccccc2)ccc([C@@H](CP(c2ccccc2)c2ccccc2)P(c2ccccc2)c2ccccc2)c1F. The molecule has 0 amide bonds. The smallest absolute Gasteiger partial charge is 0.135 e. The number of hydrogen-bond acceptors (Lipinski definition) is 0. The molecule has 0 nitrogen and oxygen atoms in total. The molecule has 1 atom stereocenters. The summed E-state index contributed by atoms with van der Waals surface area (Å²) in [5.41, 5.74) is 0.972. The second-order valence-electron chi connectivity index (χ2n) is 16.3. The molecule has 0 heterocycles. The van der Waals surface area contributed by atoms with Crippen LogP contribution in [0, 0.1) is 11.6 Å². The maximum Gasteiger partial charge on any atom is 0.135 e. The van der Waals surface area contributed by atoms with E-state index in [0.29, 0.717) is 22.9 Å². The van der Waals surface area contributed by atoms with Crippen molar-refractivity contribution in [3.8, 4) is 11.1 Å². The molecule has 0 aliphatic carbocycles. The van der Waals surface area contributed by atoms with Crippen molar-refractivity contribution in [1.82, 2.24) is 0 Å². The zero-order valence-electron chi connectivity index (χ0n) is 37.3. The maximum absolute atomic E-state index is 19.8. The Morgan fingerprint density at radius 1 is 0.294 bits per heavy atom. The van der Waals surface area contributed by atoms with Crippen molar-refractivity contribution in [3.63, 3.8) is 0 Å². The van der Waals surface area contributed by atoms with Gasteiger partial charge in [-0.3, -0.25) is 0 Å². The molecule has 0 unspecified atom stereocenters. The van der Waals surface area contributed by atoms with Crippen molar-refractivity contribution in [2.75, 3.05) is 6.16 Å². The molecule has 330 valence electrons. The normalized spacial score (nSPS) is 11.9. The van der Waals surface area contributed by atoms with E-state index in [1.54, 1.807) is 6.07 Å². The molecule has 0 spiro atoms.